The van der Waals surface area contributed by atoms with Crippen LogP contribution in [0.1, 0.15) is 5.56 Å². The molecule has 22 heavy (non-hydrogen) atoms. The molecule has 0 amide bonds. The highest BCUT2D eigenvalue weighted by Crippen LogP contribution is 2.06. The maximum Gasteiger partial charge on any atom is 0.337 e. The Morgan fingerprint density at radius 2 is 1.86 bits per heavy atom. The van der Waals surface area contributed by atoms with Gasteiger partial charge in [0, 0.05) is 6.07 Å². The molecule has 0 saturated carbocycles. The summed E-state index contributed by atoms with van der Waals surface area (Å²) in [6, 6.07) is 15.6. The van der Waals surface area contributed by atoms with E-state index in [2.05, 4.69) is 5.10 Å². The Morgan fingerprint density at radius 3 is 2.64 bits per heavy atom. The first-order valence-corrected chi connectivity index (χ1v) is 6.56. The molecule has 0 atom stereocenters. The van der Waals surface area contributed by atoms with Gasteiger partial charge >= 0.3 is 11.6 Å². The van der Waals surface area contributed by atoms with Crippen molar-refractivity contribution in [2.24, 2.45) is 0 Å². The van der Waals surface area contributed by atoms with E-state index in [9.17, 15) is 10.0 Å². The van der Waals surface area contributed by atoms with Crippen LogP contribution in [-0.4, -0.2) is 15.8 Å². The number of nitrogens with zero attached hydrogens (tertiary/aromatic N) is 3. The molecule has 3 rings (SSSR count). The van der Waals surface area contributed by atoms with Crippen molar-refractivity contribution in [1.82, 2.24) is 9.83 Å². The zero-order valence-corrected chi connectivity index (χ0v) is 11.5. The fourth-order valence-electron chi connectivity index (χ4n) is 2.08. The van der Waals surface area contributed by atoms with E-state index in [4.69, 9.17) is 10.2 Å². The quantitative estimate of drug-likeness (QED) is 0.557. The van der Waals surface area contributed by atoms with E-state index in [1.54, 1.807) is 30.3 Å². The minimum absolute atomic E-state index is 0.0634. The van der Waals surface area contributed by atoms with Gasteiger partial charge < -0.3 is 10.0 Å². The van der Waals surface area contributed by atoms with Crippen LogP contribution in [0.5, 0.6) is 0 Å². The van der Waals surface area contributed by atoms with Crippen LogP contribution >= 0.6 is 0 Å². The lowest BCUT2D eigenvalue weighted by Crippen LogP contribution is -2.45. The molecule has 0 spiro atoms. The van der Waals surface area contributed by atoms with Gasteiger partial charge in [0.25, 0.3) is 5.52 Å². The normalized spacial score (nSPS) is 10.5. The SMILES string of the molecule is N=c1n[n+]([O-])c2ccccc2n1OC(=O)Cc1ccccc1. The van der Waals surface area contributed by atoms with Crippen molar-refractivity contribution in [2.45, 2.75) is 6.42 Å². The second-order valence-electron chi connectivity index (χ2n) is 4.61. The van der Waals surface area contributed by atoms with Gasteiger partial charge in [-0.2, -0.15) is 0 Å². The number of rotatable bonds is 3. The van der Waals surface area contributed by atoms with Crippen LogP contribution in [0, 0.1) is 10.6 Å². The largest absolute Gasteiger partial charge is 0.594 e. The maximum atomic E-state index is 12.0. The van der Waals surface area contributed by atoms with E-state index in [1.807, 2.05) is 18.2 Å². The third-order valence-electron chi connectivity index (χ3n) is 3.07. The second-order valence-corrected chi connectivity index (χ2v) is 4.61. The molecule has 7 nitrogen and oxygen atoms in total. The third-order valence-corrected chi connectivity index (χ3v) is 3.07. The molecule has 110 valence electrons. The van der Waals surface area contributed by atoms with Crippen LogP contribution in [0.25, 0.3) is 11.0 Å². The molecule has 0 saturated heterocycles. The van der Waals surface area contributed by atoms with Gasteiger partial charge in [-0.25, -0.2) is 4.79 Å². The van der Waals surface area contributed by atoms with Gasteiger partial charge in [0.15, 0.2) is 5.52 Å². The lowest BCUT2D eigenvalue weighted by molar-refractivity contribution is -0.645. The van der Waals surface area contributed by atoms with Gasteiger partial charge in [-0.1, -0.05) is 42.5 Å². The molecular weight excluding hydrogens is 284 g/mol. The van der Waals surface area contributed by atoms with E-state index in [0.717, 1.165) is 10.3 Å². The maximum absolute atomic E-state index is 12.0. The smallest absolute Gasteiger partial charge is 0.337 e. The number of para-hydroxylation sites is 2. The van der Waals surface area contributed by atoms with Gasteiger partial charge in [0.1, 0.15) is 0 Å². The van der Waals surface area contributed by atoms with Crippen LogP contribution in [0.2, 0.25) is 0 Å². The first-order chi connectivity index (χ1) is 10.6. The zero-order valence-electron chi connectivity index (χ0n) is 11.5. The molecule has 0 radical (unpaired) electrons. The Labute approximate surface area is 125 Å². The number of hydrogen-bond acceptors (Lipinski definition) is 5. The highest BCUT2D eigenvalue weighted by atomic mass is 16.7. The van der Waals surface area contributed by atoms with Crippen molar-refractivity contribution in [3.8, 4) is 0 Å². The Bertz CT molecular complexity index is 890. The predicted octanol–water partition coefficient (Wildman–Crippen LogP) is 0.347. The van der Waals surface area contributed by atoms with Gasteiger partial charge in [-0.15, -0.1) is 4.73 Å². The summed E-state index contributed by atoms with van der Waals surface area (Å²) >= 11 is 0. The van der Waals surface area contributed by atoms with Crippen LogP contribution in [-0.2, 0) is 11.2 Å². The summed E-state index contributed by atoms with van der Waals surface area (Å²) < 4.78 is 0.953. The summed E-state index contributed by atoms with van der Waals surface area (Å²) in [5, 5.41) is 22.9. The molecule has 0 bridgehead atoms. The number of nitrogens with one attached hydrogen (secondary N) is 1. The standard InChI is InChI=1S/C15H12N4O3/c16-15-17-19(21)13-9-5-4-8-12(13)18(15)22-14(20)10-11-6-2-1-3-7-11/h1-9,16H,10H2. The first kappa shape index (κ1) is 13.7. The number of benzene rings is 2. The van der Waals surface area contributed by atoms with E-state index >= 15 is 0 Å². The molecule has 2 aromatic carbocycles. The van der Waals surface area contributed by atoms with Crippen LogP contribution in [0.3, 0.4) is 0 Å². The molecule has 1 heterocycles. The Balaban J connectivity index is 1.94. The van der Waals surface area contributed by atoms with Crippen molar-refractivity contribution >= 4 is 17.0 Å². The fourth-order valence-corrected chi connectivity index (χ4v) is 2.08. The Hall–Kier alpha value is -3.22. The molecule has 1 N–H and O–H groups in total. The lowest BCUT2D eigenvalue weighted by Gasteiger charge is -2.09. The van der Waals surface area contributed by atoms with E-state index < -0.39 is 11.6 Å². The van der Waals surface area contributed by atoms with E-state index in [0.29, 0.717) is 10.4 Å². The third kappa shape index (κ3) is 2.64. The van der Waals surface area contributed by atoms with Crippen molar-refractivity contribution in [3.05, 3.63) is 71.0 Å². The summed E-state index contributed by atoms with van der Waals surface area (Å²) in [6.45, 7) is 0. The van der Waals surface area contributed by atoms with E-state index in [-0.39, 0.29) is 11.9 Å². The Morgan fingerprint density at radius 1 is 1.18 bits per heavy atom. The first-order valence-electron chi connectivity index (χ1n) is 6.56. The summed E-state index contributed by atoms with van der Waals surface area (Å²) in [7, 11) is 0. The molecular formula is C15H12N4O3. The van der Waals surface area contributed by atoms with Crippen LogP contribution in [0.15, 0.2) is 54.6 Å². The Kier molecular flexibility index (Phi) is 3.53. The molecule has 0 aliphatic rings. The predicted molar refractivity (Wildman–Crippen MR) is 76.3 cm³/mol. The topological polar surface area (TPSA) is 94.9 Å². The monoisotopic (exact) mass is 296 g/mol. The molecule has 0 aliphatic heterocycles. The van der Waals surface area contributed by atoms with E-state index in [1.165, 1.54) is 6.07 Å². The average Bonchev–Trinajstić information content (AvgIpc) is 2.52. The van der Waals surface area contributed by atoms with Gasteiger partial charge in [-0.05, 0) is 16.5 Å². The molecule has 0 unspecified atom stereocenters. The minimum Gasteiger partial charge on any atom is -0.594 e. The second kappa shape index (κ2) is 5.65. The highest BCUT2D eigenvalue weighted by Gasteiger charge is 2.15. The van der Waals surface area contributed by atoms with Crippen molar-refractivity contribution in [1.29, 1.82) is 5.41 Å². The summed E-state index contributed by atoms with van der Waals surface area (Å²) in [5.41, 5.74) is 0.867. The highest BCUT2D eigenvalue weighted by molar-refractivity contribution is 5.75. The van der Waals surface area contributed by atoms with Gasteiger partial charge in [0.05, 0.1) is 11.5 Å². The number of aromatic nitrogens is 3. The minimum atomic E-state index is -0.541. The molecule has 3 aromatic rings. The van der Waals surface area contributed by atoms with Crippen LogP contribution in [0.4, 0.5) is 0 Å². The summed E-state index contributed by atoms with van der Waals surface area (Å²) in [6.07, 6.45) is 0.0634. The average molecular weight is 296 g/mol. The molecule has 7 heteroatoms. The van der Waals surface area contributed by atoms with Crippen LogP contribution < -0.4 is 15.3 Å². The summed E-state index contributed by atoms with van der Waals surface area (Å²) in [4.78, 5) is 17.5. The lowest BCUT2D eigenvalue weighted by atomic mass is 10.2. The number of carbonyl (C=O) groups is 1. The number of carbonyl (C=O) groups excluding carboxylic acids is 1. The van der Waals surface area contributed by atoms with Crippen molar-refractivity contribution < 1.29 is 14.5 Å². The van der Waals surface area contributed by atoms with Crippen molar-refractivity contribution in [3.63, 3.8) is 0 Å². The summed E-state index contributed by atoms with van der Waals surface area (Å²) in [5.74, 6) is -0.541. The zero-order chi connectivity index (χ0) is 15.5. The molecule has 1 aromatic heterocycles. The fraction of sp³-hybridized carbons (Fsp3) is 0.0667. The molecule has 0 fully saturated rings. The van der Waals surface area contributed by atoms with Gasteiger partial charge in [0.2, 0.25) is 0 Å². The number of fused-ring (bicyclic) bond motifs is 1. The van der Waals surface area contributed by atoms with Gasteiger partial charge in [-0.3, -0.25) is 5.41 Å². The van der Waals surface area contributed by atoms with Crippen molar-refractivity contribution in [2.75, 3.05) is 0 Å². The molecule has 0 aliphatic carbocycles. The number of hydrogen-bond donors (Lipinski definition) is 1.